The summed E-state index contributed by atoms with van der Waals surface area (Å²) in [7, 11) is 0. The monoisotopic (exact) mass is 562 g/mol. The Bertz CT molecular complexity index is 958. The SMILES string of the molecule is CCC(C)(CC)CC(C)(C(=O)Oc1ccc(C(=O)c2ccccc2)c(I)c1)C(C)(CC)CC. The number of ether oxygens (including phenoxy) is 1. The van der Waals surface area contributed by atoms with E-state index in [9.17, 15) is 9.59 Å². The summed E-state index contributed by atoms with van der Waals surface area (Å²) in [5, 5.41) is 0. The Morgan fingerprint density at radius 3 is 1.91 bits per heavy atom. The lowest BCUT2D eigenvalue weighted by Gasteiger charge is -2.48. The van der Waals surface area contributed by atoms with E-state index in [1.54, 1.807) is 18.2 Å². The normalized spacial score (nSPS) is 13.9. The van der Waals surface area contributed by atoms with Crippen molar-refractivity contribution >= 4 is 34.3 Å². The molecule has 0 N–H and O–H groups in total. The van der Waals surface area contributed by atoms with Crippen molar-refractivity contribution in [3.8, 4) is 5.75 Å². The van der Waals surface area contributed by atoms with Crippen LogP contribution in [0.3, 0.4) is 0 Å². The van der Waals surface area contributed by atoms with E-state index >= 15 is 0 Å². The molecule has 1 unspecified atom stereocenters. The quantitative estimate of drug-likeness (QED) is 0.119. The number of halogens is 1. The molecule has 2 aromatic rings. The van der Waals surface area contributed by atoms with E-state index in [0.717, 1.165) is 35.7 Å². The van der Waals surface area contributed by atoms with Gasteiger partial charge in [-0.1, -0.05) is 84.7 Å². The average Bonchev–Trinajstić information content (AvgIpc) is 2.83. The van der Waals surface area contributed by atoms with Crippen LogP contribution >= 0.6 is 22.6 Å². The third-order valence-corrected chi connectivity index (χ3v) is 9.15. The minimum Gasteiger partial charge on any atom is -0.426 e. The molecule has 4 heteroatoms. The molecule has 0 aliphatic rings. The van der Waals surface area contributed by atoms with Crippen LogP contribution in [0.15, 0.2) is 48.5 Å². The smallest absolute Gasteiger partial charge is 0.317 e. The lowest BCUT2D eigenvalue weighted by atomic mass is 9.56. The molecule has 0 fully saturated rings. The molecule has 3 nitrogen and oxygen atoms in total. The number of carbonyl (C=O) groups is 2. The molecule has 1 atom stereocenters. The molecular formula is C29H39IO3. The summed E-state index contributed by atoms with van der Waals surface area (Å²) in [6.07, 6.45) is 4.63. The van der Waals surface area contributed by atoms with E-state index in [-0.39, 0.29) is 22.6 Å². The van der Waals surface area contributed by atoms with Gasteiger partial charge in [-0.05, 0) is 77.8 Å². The van der Waals surface area contributed by atoms with E-state index in [4.69, 9.17) is 4.74 Å². The number of hydrogen-bond donors (Lipinski definition) is 0. The predicted molar refractivity (Wildman–Crippen MR) is 145 cm³/mol. The van der Waals surface area contributed by atoms with Gasteiger partial charge in [0.25, 0.3) is 0 Å². The molecule has 0 amide bonds. The highest BCUT2D eigenvalue weighted by molar-refractivity contribution is 14.1. The summed E-state index contributed by atoms with van der Waals surface area (Å²) in [6, 6.07) is 14.5. The lowest BCUT2D eigenvalue weighted by Crippen LogP contribution is -2.48. The van der Waals surface area contributed by atoms with Gasteiger partial charge in [-0.3, -0.25) is 9.59 Å². The molecule has 0 saturated carbocycles. The van der Waals surface area contributed by atoms with Crippen LogP contribution in [0, 0.1) is 19.8 Å². The number of esters is 1. The number of carbonyl (C=O) groups excluding carboxylic acids is 2. The summed E-state index contributed by atoms with van der Waals surface area (Å²) in [5.41, 5.74) is 0.529. The largest absolute Gasteiger partial charge is 0.426 e. The topological polar surface area (TPSA) is 43.4 Å². The minimum atomic E-state index is -0.624. The van der Waals surface area contributed by atoms with Crippen LogP contribution in [-0.4, -0.2) is 11.8 Å². The maximum Gasteiger partial charge on any atom is 0.317 e. The van der Waals surface area contributed by atoms with Gasteiger partial charge in [-0.15, -0.1) is 0 Å². The molecule has 2 rings (SSSR count). The first-order valence-electron chi connectivity index (χ1n) is 12.1. The van der Waals surface area contributed by atoms with Crippen molar-refractivity contribution in [2.24, 2.45) is 16.2 Å². The summed E-state index contributed by atoms with van der Waals surface area (Å²) in [5.74, 6) is 0.276. The third-order valence-electron chi connectivity index (χ3n) is 8.26. The molecule has 0 aromatic heterocycles. The van der Waals surface area contributed by atoms with Crippen LogP contribution in [0.5, 0.6) is 5.75 Å². The molecule has 0 aliphatic carbocycles. The molecule has 0 heterocycles. The number of hydrogen-bond acceptors (Lipinski definition) is 3. The fourth-order valence-electron chi connectivity index (χ4n) is 4.62. The summed E-state index contributed by atoms with van der Waals surface area (Å²) < 4.78 is 6.80. The van der Waals surface area contributed by atoms with Gasteiger partial charge in [0.2, 0.25) is 0 Å². The highest BCUT2D eigenvalue weighted by Crippen LogP contribution is 2.53. The molecule has 0 saturated heterocycles. The fourth-order valence-corrected chi connectivity index (χ4v) is 5.36. The zero-order chi connectivity index (χ0) is 24.9. The van der Waals surface area contributed by atoms with Gasteiger partial charge in [0.15, 0.2) is 5.78 Å². The van der Waals surface area contributed by atoms with E-state index in [2.05, 4.69) is 71.1 Å². The van der Waals surface area contributed by atoms with Crippen molar-refractivity contribution in [2.75, 3.05) is 0 Å². The highest BCUT2D eigenvalue weighted by Gasteiger charge is 2.52. The first-order valence-corrected chi connectivity index (χ1v) is 13.2. The first kappa shape index (κ1) is 27.6. The minimum absolute atomic E-state index is 0.0334. The van der Waals surface area contributed by atoms with Crippen molar-refractivity contribution in [1.82, 2.24) is 0 Å². The van der Waals surface area contributed by atoms with E-state index in [1.165, 1.54) is 0 Å². The zero-order valence-corrected chi connectivity index (χ0v) is 23.4. The summed E-state index contributed by atoms with van der Waals surface area (Å²) in [6.45, 7) is 15.3. The molecule has 0 spiro atoms. The first-order chi connectivity index (χ1) is 15.5. The molecule has 2 aromatic carbocycles. The van der Waals surface area contributed by atoms with Crippen molar-refractivity contribution in [3.05, 3.63) is 63.2 Å². The second-order valence-corrected chi connectivity index (χ2v) is 11.2. The third kappa shape index (κ3) is 5.87. The highest BCUT2D eigenvalue weighted by atomic mass is 127. The maximum absolute atomic E-state index is 13.8. The second-order valence-electron chi connectivity index (χ2n) is 10.0. The van der Waals surface area contributed by atoms with Gasteiger partial charge >= 0.3 is 5.97 Å². The molecule has 180 valence electrons. The van der Waals surface area contributed by atoms with Crippen LogP contribution in [-0.2, 0) is 4.79 Å². The number of rotatable bonds is 11. The van der Waals surface area contributed by atoms with Crippen molar-refractivity contribution < 1.29 is 14.3 Å². The van der Waals surface area contributed by atoms with Gasteiger partial charge in [0.05, 0.1) is 5.41 Å². The maximum atomic E-state index is 13.8. The Labute approximate surface area is 213 Å². The van der Waals surface area contributed by atoms with Crippen molar-refractivity contribution in [1.29, 1.82) is 0 Å². The van der Waals surface area contributed by atoms with Crippen LogP contribution in [0.1, 0.15) is 96.5 Å². The van der Waals surface area contributed by atoms with Gasteiger partial charge in [0.1, 0.15) is 5.75 Å². The van der Waals surface area contributed by atoms with Crippen LogP contribution in [0.2, 0.25) is 0 Å². The van der Waals surface area contributed by atoms with Gasteiger partial charge in [-0.2, -0.15) is 0 Å². The Hall–Kier alpha value is -1.69. The predicted octanol–water partition coefficient (Wildman–Crippen LogP) is 8.48. The summed E-state index contributed by atoms with van der Waals surface area (Å²) >= 11 is 2.15. The Morgan fingerprint density at radius 2 is 1.42 bits per heavy atom. The Morgan fingerprint density at radius 1 is 0.848 bits per heavy atom. The molecule has 33 heavy (non-hydrogen) atoms. The van der Waals surface area contributed by atoms with Crippen LogP contribution < -0.4 is 4.74 Å². The molecule has 0 bridgehead atoms. The van der Waals surface area contributed by atoms with Crippen LogP contribution in [0.25, 0.3) is 0 Å². The summed E-state index contributed by atoms with van der Waals surface area (Å²) in [4.78, 5) is 26.6. The lowest BCUT2D eigenvalue weighted by molar-refractivity contribution is -0.157. The molecular weight excluding hydrogens is 523 g/mol. The van der Waals surface area contributed by atoms with Gasteiger partial charge in [-0.25, -0.2) is 0 Å². The van der Waals surface area contributed by atoms with E-state index in [0.29, 0.717) is 16.9 Å². The van der Waals surface area contributed by atoms with Gasteiger partial charge < -0.3 is 4.74 Å². The molecule has 0 aliphatic heterocycles. The second kappa shape index (κ2) is 11.2. The molecule has 0 radical (unpaired) electrons. The fraction of sp³-hybridized carbons (Fsp3) is 0.517. The van der Waals surface area contributed by atoms with E-state index in [1.807, 2.05) is 30.3 Å². The van der Waals surface area contributed by atoms with E-state index < -0.39 is 5.41 Å². The Kier molecular flexibility index (Phi) is 9.32. The number of benzene rings is 2. The van der Waals surface area contributed by atoms with Crippen molar-refractivity contribution in [2.45, 2.75) is 80.6 Å². The Balaban J connectivity index is 2.37. The zero-order valence-electron chi connectivity index (χ0n) is 21.3. The number of ketones is 1. The standard InChI is InChI=1S/C29H39IO3/c1-8-27(5,9-2)20-29(7,28(6,10-3)11-4)26(32)33-22-17-18-23(24(30)19-22)25(31)21-15-13-12-14-16-21/h12-19H,8-11,20H2,1-7H3. The van der Waals surface area contributed by atoms with Crippen LogP contribution in [0.4, 0.5) is 0 Å². The van der Waals surface area contributed by atoms with Crippen molar-refractivity contribution in [3.63, 3.8) is 0 Å². The average molecular weight is 563 g/mol. The van der Waals surface area contributed by atoms with Gasteiger partial charge in [0, 0.05) is 14.7 Å².